The normalized spacial score (nSPS) is 9.92. The maximum absolute atomic E-state index is 8.95. The molecule has 0 spiro atoms. The maximum atomic E-state index is 8.95. The molecule has 0 aromatic heterocycles. The number of nitrogens with two attached hydrogens (primary N) is 1. The van der Waals surface area contributed by atoms with Crippen molar-refractivity contribution in [3.05, 3.63) is 59.2 Å². The van der Waals surface area contributed by atoms with Crippen molar-refractivity contribution in [2.24, 2.45) is 0 Å². The van der Waals surface area contributed by atoms with E-state index in [1.54, 1.807) is 6.07 Å². The molecule has 24 heavy (non-hydrogen) atoms. The second-order valence-electron chi connectivity index (χ2n) is 5.47. The van der Waals surface area contributed by atoms with Crippen molar-refractivity contribution in [1.29, 1.82) is 10.5 Å². The van der Waals surface area contributed by atoms with Crippen LogP contribution in [0, 0.1) is 22.7 Å². The molecule has 4 N–H and O–H groups in total. The minimum Gasteiger partial charge on any atom is -0.396 e. The van der Waals surface area contributed by atoms with Crippen LogP contribution in [0.5, 0.6) is 0 Å². The molecule has 0 bridgehead atoms. The Labute approximate surface area is 142 Å². The first kappa shape index (κ1) is 17.3. The predicted molar refractivity (Wildman–Crippen MR) is 96.4 cm³/mol. The van der Waals surface area contributed by atoms with Gasteiger partial charge in [-0.3, -0.25) is 0 Å². The molecule has 122 valence electrons. The Morgan fingerprint density at radius 3 is 2.42 bits per heavy atom. The summed E-state index contributed by atoms with van der Waals surface area (Å²) in [5, 5.41) is 24.4. The molecule has 2 rings (SSSR count). The first-order valence-corrected chi connectivity index (χ1v) is 7.97. The lowest BCUT2D eigenvalue weighted by molar-refractivity contribution is 0.660. The summed E-state index contributed by atoms with van der Waals surface area (Å²) in [5.74, 6) is 0. The molecule has 5 nitrogen and oxygen atoms in total. The number of nitrogens with one attached hydrogen (secondary N) is 2. The Morgan fingerprint density at radius 2 is 1.71 bits per heavy atom. The van der Waals surface area contributed by atoms with Crippen LogP contribution in [0.1, 0.15) is 23.1 Å². The van der Waals surface area contributed by atoms with Gasteiger partial charge in [-0.2, -0.15) is 10.5 Å². The van der Waals surface area contributed by atoms with Gasteiger partial charge in [0.05, 0.1) is 28.6 Å². The molecule has 0 saturated carbocycles. The highest BCUT2D eigenvalue weighted by atomic mass is 14.9. The molecule has 2 aromatic carbocycles. The Morgan fingerprint density at radius 1 is 0.917 bits per heavy atom. The average Bonchev–Trinajstić information content (AvgIpc) is 2.62. The second-order valence-corrected chi connectivity index (χ2v) is 5.47. The van der Waals surface area contributed by atoms with E-state index in [-0.39, 0.29) is 0 Å². The second kappa shape index (κ2) is 9.19. The zero-order valence-electron chi connectivity index (χ0n) is 13.5. The van der Waals surface area contributed by atoms with Gasteiger partial charge in [0.2, 0.25) is 0 Å². The molecule has 0 heterocycles. The summed E-state index contributed by atoms with van der Waals surface area (Å²) in [4.78, 5) is 0. The summed E-state index contributed by atoms with van der Waals surface area (Å²) in [7, 11) is 0. The van der Waals surface area contributed by atoms with Crippen LogP contribution in [-0.4, -0.2) is 19.6 Å². The van der Waals surface area contributed by atoms with E-state index < -0.39 is 0 Å². The monoisotopic (exact) mass is 319 g/mol. The van der Waals surface area contributed by atoms with Crippen LogP contribution in [0.4, 0.5) is 11.4 Å². The Balaban J connectivity index is 1.62. The van der Waals surface area contributed by atoms with E-state index in [4.69, 9.17) is 16.3 Å². The largest absolute Gasteiger partial charge is 0.396 e. The lowest BCUT2D eigenvalue weighted by atomic mass is 10.1. The molecule has 0 radical (unpaired) electrons. The van der Waals surface area contributed by atoms with E-state index >= 15 is 0 Å². The van der Waals surface area contributed by atoms with Gasteiger partial charge in [0.25, 0.3) is 0 Å². The minimum atomic E-state index is 0.501. The van der Waals surface area contributed by atoms with Gasteiger partial charge in [0, 0.05) is 6.54 Å². The van der Waals surface area contributed by atoms with E-state index in [2.05, 4.69) is 22.8 Å². The van der Waals surface area contributed by atoms with Gasteiger partial charge in [-0.1, -0.05) is 18.2 Å². The zero-order chi connectivity index (χ0) is 17.2. The number of nitriles is 2. The van der Waals surface area contributed by atoms with Crippen molar-refractivity contribution in [2.45, 2.75) is 12.8 Å². The highest BCUT2D eigenvalue weighted by Crippen LogP contribution is 2.21. The third kappa shape index (κ3) is 5.01. The Bertz CT molecular complexity index is 738. The number of nitrogens with zero attached hydrogens (tertiary/aromatic N) is 2. The number of para-hydroxylation sites is 1. The highest BCUT2D eigenvalue weighted by molar-refractivity contribution is 5.72. The van der Waals surface area contributed by atoms with Gasteiger partial charge in [-0.15, -0.1) is 0 Å². The third-order valence-electron chi connectivity index (χ3n) is 3.75. The molecule has 0 fully saturated rings. The van der Waals surface area contributed by atoms with Crippen LogP contribution in [0.2, 0.25) is 0 Å². The summed E-state index contributed by atoms with van der Waals surface area (Å²) in [6, 6.07) is 17.3. The quantitative estimate of drug-likeness (QED) is 0.513. The number of hydrogen-bond acceptors (Lipinski definition) is 5. The topological polar surface area (TPSA) is 97.7 Å². The van der Waals surface area contributed by atoms with Crippen molar-refractivity contribution >= 4 is 11.4 Å². The van der Waals surface area contributed by atoms with Gasteiger partial charge < -0.3 is 16.4 Å². The van der Waals surface area contributed by atoms with Crippen molar-refractivity contribution in [2.75, 3.05) is 30.7 Å². The summed E-state index contributed by atoms with van der Waals surface area (Å²) in [6.07, 6.45) is 1.90. The van der Waals surface area contributed by atoms with Gasteiger partial charge in [0.1, 0.15) is 6.07 Å². The smallest absolute Gasteiger partial charge is 0.101 e. The molecule has 0 saturated heterocycles. The van der Waals surface area contributed by atoms with Crippen LogP contribution in [-0.2, 0) is 6.42 Å². The molecule has 0 unspecified atom stereocenters. The van der Waals surface area contributed by atoms with E-state index in [0.717, 1.165) is 38.2 Å². The molecule has 0 amide bonds. The first-order chi connectivity index (χ1) is 11.7. The molecule has 0 aliphatic heterocycles. The van der Waals surface area contributed by atoms with Crippen LogP contribution in [0.3, 0.4) is 0 Å². The lowest BCUT2D eigenvalue weighted by Crippen LogP contribution is -2.20. The van der Waals surface area contributed by atoms with E-state index in [1.807, 2.05) is 36.4 Å². The summed E-state index contributed by atoms with van der Waals surface area (Å²) >= 11 is 0. The van der Waals surface area contributed by atoms with Crippen molar-refractivity contribution < 1.29 is 0 Å². The predicted octanol–water partition coefficient (Wildman–Crippen LogP) is 2.65. The van der Waals surface area contributed by atoms with Crippen LogP contribution in [0.25, 0.3) is 0 Å². The van der Waals surface area contributed by atoms with E-state index in [1.165, 1.54) is 5.56 Å². The molecular weight excluding hydrogens is 298 g/mol. The molecule has 0 atom stereocenters. The van der Waals surface area contributed by atoms with Crippen LogP contribution in [0.15, 0.2) is 42.5 Å². The average molecular weight is 319 g/mol. The van der Waals surface area contributed by atoms with Gasteiger partial charge >= 0.3 is 0 Å². The molecule has 5 heteroatoms. The first-order valence-electron chi connectivity index (χ1n) is 7.97. The van der Waals surface area contributed by atoms with Crippen LogP contribution < -0.4 is 16.4 Å². The molecule has 2 aromatic rings. The van der Waals surface area contributed by atoms with Gasteiger partial charge in [0.15, 0.2) is 0 Å². The molecule has 0 aliphatic carbocycles. The van der Waals surface area contributed by atoms with Crippen LogP contribution >= 0.6 is 0 Å². The number of nitrogen functional groups attached to an aromatic ring is 1. The van der Waals surface area contributed by atoms with Gasteiger partial charge in [-0.05, 0) is 55.8 Å². The summed E-state index contributed by atoms with van der Waals surface area (Å²) < 4.78 is 0. The standard InChI is InChI=1S/C19H21N5/c20-13-16-7-5-15(6-8-16)9-12-23-10-2-11-24-18-4-1-3-17(14-21)19(18)22/h1,3-8,23-24H,2,9-12,22H2. The minimum absolute atomic E-state index is 0.501. The fourth-order valence-electron chi connectivity index (χ4n) is 2.36. The SMILES string of the molecule is N#Cc1ccc(CCNCCCNc2cccc(C#N)c2N)cc1. The van der Waals surface area contributed by atoms with E-state index in [0.29, 0.717) is 16.8 Å². The third-order valence-corrected chi connectivity index (χ3v) is 3.75. The number of benzene rings is 2. The Kier molecular flexibility index (Phi) is 6.64. The lowest BCUT2D eigenvalue weighted by Gasteiger charge is -2.10. The highest BCUT2D eigenvalue weighted by Gasteiger charge is 2.03. The number of hydrogen-bond donors (Lipinski definition) is 3. The summed E-state index contributed by atoms with van der Waals surface area (Å²) in [6.45, 7) is 2.60. The van der Waals surface area contributed by atoms with Crippen molar-refractivity contribution in [3.63, 3.8) is 0 Å². The van der Waals surface area contributed by atoms with Gasteiger partial charge in [-0.25, -0.2) is 0 Å². The fourth-order valence-corrected chi connectivity index (χ4v) is 2.36. The van der Waals surface area contributed by atoms with Crippen molar-refractivity contribution in [1.82, 2.24) is 5.32 Å². The Hall–Kier alpha value is -3.02. The molecule has 0 aliphatic rings. The zero-order valence-corrected chi connectivity index (χ0v) is 13.5. The number of anilines is 2. The number of rotatable bonds is 8. The fraction of sp³-hybridized carbons (Fsp3) is 0.263. The maximum Gasteiger partial charge on any atom is 0.101 e. The van der Waals surface area contributed by atoms with E-state index in [9.17, 15) is 0 Å². The summed E-state index contributed by atoms with van der Waals surface area (Å²) in [5.41, 5.74) is 9.66. The van der Waals surface area contributed by atoms with Crippen molar-refractivity contribution in [3.8, 4) is 12.1 Å². The molecular formula is C19H21N5.